The summed E-state index contributed by atoms with van der Waals surface area (Å²) in [6, 6.07) is 4.70. The Balaban J connectivity index is 2.66. The SMILES string of the molecule is CC(C)(C)S(=O)(=O)CCNc1cccc(F)c1I. The molecule has 18 heavy (non-hydrogen) atoms. The van der Waals surface area contributed by atoms with Crippen molar-refractivity contribution in [3.8, 4) is 0 Å². The zero-order valence-corrected chi connectivity index (χ0v) is 13.6. The zero-order chi connectivity index (χ0) is 14.0. The summed E-state index contributed by atoms with van der Waals surface area (Å²) in [5.74, 6) is -0.275. The first kappa shape index (κ1) is 15.7. The van der Waals surface area contributed by atoms with Gasteiger partial charge in [0, 0.05) is 6.54 Å². The minimum Gasteiger partial charge on any atom is -0.383 e. The van der Waals surface area contributed by atoms with Gasteiger partial charge in [-0.15, -0.1) is 0 Å². The van der Waals surface area contributed by atoms with Gasteiger partial charge in [-0.3, -0.25) is 0 Å². The highest BCUT2D eigenvalue weighted by molar-refractivity contribution is 14.1. The highest BCUT2D eigenvalue weighted by Crippen LogP contribution is 2.21. The van der Waals surface area contributed by atoms with Gasteiger partial charge in [-0.05, 0) is 55.5 Å². The molecule has 0 aromatic heterocycles. The Labute approximate surface area is 121 Å². The van der Waals surface area contributed by atoms with Crippen LogP contribution in [-0.4, -0.2) is 25.5 Å². The molecular weight excluding hydrogens is 368 g/mol. The molecular formula is C12H17FINO2S. The Morgan fingerprint density at radius 3 is 2.50 bits per heavy atom. The van der Waals surface area contributed by atoms with E-state index in [1.165, 1.54) is 6.07 Å². The lowest BCUT2D eigenvalue weighted by Crippen LogP contribution is -2.33. The third-order valence-electron chi connectivity index (χ3n) is 2.57. The smallest absolute Gasteiger partial charge is 0.156 e. The van der Waals surface area contributed by atoms with Crippen molar-refractivity contribution in [2.24, 2.45) is 0 Å². The molecule has 1 N–H and O–H groups in total. The van der Waals surface area contributed by atoms with Crippen molar-refractivity contribution in [3.05, 3.63) is 27.6 Å². The van der Waals surface area contributed by atoms with Gasteiger partial charge in [0.15, 0.2) is 9.84 Å². The van der Waals surface area contributed by atoms with E-state index in [0.29, 0.717) is 9.26 Å². The Bertz CT molecular complexity index is 523. The topological polar surface area (TPSA) is 46.2 Å². The van der Waals surface area contributed by atoms with Gasteiger partial charge in [0.2, 0.25) is 0 Å². The number of halogens is 2. The highest BCUT2D eigenvalue weighted by atomic mass is 127. The van der Waals surface area contributed by atoms with Gasteiger partial charge in [0.05, 0.1) is 19.8 Å². The Kier molecular flexibility index (Phi) is 4.99. The van der Waals surface area contributed by atoms with Crippen molar-refractivity contribution in [1.82, 2.24) is 0 Å². The fraction of sp³-hybridized carbons (Fsp3) is 0.500. The minimum absolute atomic E-state index is 0.0308. The first-order valence-corrected chi connectivity index (χ1v) is 8.28. The lowest BCUT2D eigenvalue weighted by molar-refractivity contribution is 0.560. The molecule has 102 valence electrons. The van der Waals surface area contributed by atoms with Crippen LogP contribution in [0.4, 0.5) is 10.1 Å². The average Bonchev–Trinajstić information content (AvgIpc) is 2.22. The molecule has 0 aliphatic carbocycles. The summed E-state index contributed by atoms with van der Waals surface area (Å²) < 4.78 is 36.7. The fourth-order valence-electron chi connectivity index (χ4n) is 1.27. The van der Waals surface area contributed by atoms with E-state index in [2.05, 4.69) is 5.32 Å². The number of benzene rings is 1. The third kappa shape index (κ3) is 3.81. The molecule has 3 nitrogen and oxygen atoms in total. The number of hydrogen-bond donors (Lipinski definition) is 1. The van der Waals surface area contributed by atoms with E-state index in [4.69, 9.17) is 0 Å². The van der Waals surface area contributed by atoms with Gasteiger partial charge < -0.3 is 5.32 Å². The lowest BCUT2D eigenvalue weighted by atomic mass is 10.3. The summed E-state index contributed by atoms with van der Waals surface area (Å²) >= 11 is 1.89. The van der Waals surface area contributed by atoms with Crippen LogP contribution < -0.4 is 5.32 Å². The molecule has 0 saturated carbocycles. The molecule has 1 aromatic carbocycles. The Morgan fingerprint density at radius 1 is 1.33 bits per heavy atom. The molecule has 6 heteroatoms. The summed E-state index contributed by atoms with van der Waals surface area (Å²) in [4.78, 5) is 0. The predicted molar refractivity (Wildman–Crippen MR) is 81.1 cm³/mol. The average molecular weight is 385 g/mol. The van der Waals surface area contributed by atoms with Crippen LogP contribution in [0.2, 0.25) is 0 Å². The van der Waals surface area contributed by atoms with Crippen LogP contribution in [-0.2, 0) is 9.84 Å². The largest absolute Gasteiger partial charge is 0.383 e. The fourth-order valence-corrected chi connectivity index (χ4v) is 2.80. The van der Waals surface area contributed by atoms with E-state index in [9.17, 15) is 12.8 Å². The van der Waals surface area contributed by atoms with Gasteiger partial charge in [-0.1, -0.05) is 6.07 Å². The van der Waals surface area contributed by atoms with Crippen molar-refractivity contribution in [3.63, 3.8) is 0 Å². The van der Waals surface area contributed by atoms with Crippen LogP contribution in [0.1, 0.15) is 20.8 Å². The second kappa shape index (κ2) is 5.73. The van der Waals surface area contributed by atoms with Crippen LogP contribution in [0.15, 0.2) is 18.2 Å². The van der Waals surface area contributed by atoms with Crippen LogP contribution >= 0.6 is 22.6 Å². The molecule has 0 bridgehead atoms. The van der Waals surface area contributed by atoms with Gasteiger partial charge >= 0.3 is 0 Å². The maximum atomic E-state index is 13.3. The molecule has 0 saturated heterocycles. The number of anilines is 1. The molecule has 0 atom stereocenters. The second-order valence-electron chi connectivity index (χ2n) is 4.96. The standard InChI is InChI=1S/C12H17FINO2S/c1-12(2,3)18(16,17)8-7-15-10-6-4-5-9(13)11(10)14/h4-6,15H,7-8H2,1-3H3. The van der Waals surface area contributed by atoms with E-state index in [0.717, 1.165) is 0 Å². The van der Waals surface area contributed by atoms with Crippen molar-refractivity contribution >= 4 is 38.1 Å². The Morgan fingerprint density at radius 2 is 1.94 bits per heavy atom. The highest BCUT2D eigenvalue weighted by Gasteiger charge is 2.28. The maximum Gasteiger partial charge on any atom is 0.156 e. The molecule has 0 spiro atoms. The molecule has 1 aromatic rings. The number of sulfone groups is 1. The number of hydrogen-bond acceptors (Lipinski definition) is 3. The van der Waals surface area contributed by atoms with E-state index in [-0.39, 0.29) is 18.1 Å². The summed E-state index contributed by atoms with van der Waals surface area (Å²) in [5.41, 5.74) is 0.625. The molecule has 1 rings (SSSR count). The minimum atomic E-state index is -3.15. The Hall–Kier alpha value is -0.370. The molecule has 0 amide bonds. The number of nitrogens with one attached hydrogen (secondary N) is 1. The summed E-state index contributed by atoms with van der Waals surface area (Å²) in [6.45, 7) is 5.30. The van der Waals surface area contributed by atoms with E-state index >= 15 is 0 Å². The normalized spacial score (nSPS) is 12.5. The van der Waals surface area contributed by atoms with E-state index in [1.807, 2.05) is 22.6 Å². The van der Waals surface area contributed by atoms with Crippen LogP contribution in [0.5, 0.6) is 0 Å². The van der Waals surface area contributed by atoms with Gasteiger partial charge in [0.1, 0.15) is 5.82 Å². The molecule has 0 aliphatic rings. The van der Waals surface area contributed by atoms with E-state index in [1.54, 1.807) is 32.9 Å². The first-order valence-electron chi connectivity index (χ1n) is 5.55. The predicted octanol–water partition coefficient (Wildman–Crippen LogP) is 3.06. The van der Waals surface area contributed by atoms with Crippen LogP contribution in [0.25, 0.3) is 0 Å². The van der Waals surface area contributed by atoms with Gasteiger partial charge in [-0.2, -0.15) is 0 Å². The van der Waals surface area contributed by atoms with Crippen molar-refractivity contribution < 1.29 is 12.8 Å². The molecule has 0 fully saturated rings. The molecule has 0 radical (unpaired) electrons. The van der Waals surface area contributed by atoms with Gasteiger partial charge in [0.25, 0.3) is 0 Å². The molecule has 0 unspecified atom stereocenters. The zero-order valence-electron chi connectivity index (χ0n) is 10.6. The van der Waals surface area contributed by atoms with Crippen LogP contribution in [0, 0.1) is 9.39 Å². The van der Waals surface area contributed by atoms with Gasteiger partial charge in [-0.25, -0.2) is 12.8 Å². The monoisotopic (exact) mass is 385 g/mol. The summed E-state index contributed by atoms with van der Waals surface area (Å²) in [5, 5.41) is 2.96. The lowest BCUT2D eigenvalue weighted by Gasteiger charge is -2.19. The van der Waals surface area contributed by atoms with Crippen molar-refractivity contribution in [2.45, 2.75) is 25.5 Å². The maximum absolute atomic E-state index is 13.3. The van der Waals surface area contributed by atoms with Crippen LogP contribution in [0.3, 0.4) is 0 Å². The number of rotatable bonds is 4. The third-order valence-corrected chi connectivity index (χ3v) is 6.27. The second-order valence-corrected chi connectivity index (χ2v) is 8.90. The summed E-state index contributed by atoms with van der Waals surface area (Å²) in [7, 11) is -3.15. The van der Waals surface area contributed by atoms with Crippen molar-refractivity contribution in [1.29, 1.82) is 0 Å². The molecule has 0 aliphatic heterocycles. The molecule has 0 heterocycles. The van der Waals surface area contributed by atoms with E-state index < -0.39 is 14.6 Å². The van der Waals surface area contributed by atoms with Crippen molar-refractivity contribution in [2.75, 3.05) is 17.6 Å². The summed E-state index contributed by atoms with van der Waals surface area (Å²) in [6.07, 6.45) is 0. The first-order chi connectivity index (χ1) is 8.15. The quantitative estimate of drug-likeness (QED) is 0.811.